The zero-order chi connectivity index (χ0) is 12.3. The van der Waals surface area contributed by atoms with E-state index in [1.807, 2.05) is 4.90 Å². The summed E-state index contributed by atoms with van der Waals surface area (Å²) in [7, 11) is 0. The Balaban J connectivity index is 2.18. The van der Waals surface area contributed by atoms with Gasteiger partial charge in [0.15, 0.2) is 0 Å². The van der Waals surface area contributed by atoms with Crippen LogP contribution in [0.3, 0.4) is 0 Å². The maximum Gasteiger partial charge on any atom is 0.238 e. The molecular weight excluding hydrogens is 232 g/mol. The molecule has 0 aliphatic carbocycles. The molecule has 1 aromatic rings. The molecule has 0 aromatic carbocycles. The second-order valence-corrected chi connectivity index (χ2v) is 5.27. The molecule has 2 unspecified atom stereocenters. The molecule has 0 spiro atoms. The van der Waals surface area contributed by atoms with Crippen LogP contribution in [0.25, 0.3) is 0 Å². The van der Waals surface area contributed by atoms with Crippen molar-refractivity contribution in [2.24, 2.45) is 0 Å². The van der Waals surface area contributed by atoms with E-state index < -0.39 is 0 Å². The average Bonchev–Trinajstić information content (AvgIpc) is 2.95. The van der Waals surface area contributed by atoms with Crippen LogP contribution in [0, 0.1) is 0 Å². The van der Waals surface area contributed by atoms with E-state index in [1.165, 1.54) is 5.56 Å². The summed E-state index contributed by atoms with van der Waals surface area (Å²) >= 11 is 1.68. The minimum atomic E-state index is 0.0882. The van der Waals surface area contributed by atoms with Gasteiger partial charge in [0, 0.05) is 6.04 Å². The van der Waals surface area contributed by atoms with Crippen molar-refractivity contribution in [2.45, 2.75) is 45.3 Å². The molecule has 1 saturated heterocycles. The van der Waals surface area contributed by atoms with Crippen molar-refractivity contribution >= 4 is 17.2 Å². The van der Waals surface area contributed by atoms with Crippen LogP contribution in [0.15, 0.2) is 16.8 Å². The van der Waals surface area contributed by atoms with E-state index in [0.29, 0.717) is 12.6 Å². The molecule has 1 aliphatic rings. The van der Waals surface area contributed by atoms with Crippen LogP contribution in [0.1, 0.15) is 44.8 Å². The highest BCUT2D eigenvalue weighted by atomic mass is 32.1. The second kappa shape index (κ2) is 5.65. The highest BCUT2D eigenvalue weighted by Crippen LogP contribution is 2.28. The molecule has 3 nitrogen and oxygen atoms in total. The van der Waals surface area contributed by atoms with Crippen molar-refractivity contribution in [1.29, 1.82) is 0 Å². The van der Waals surface area contributed by atoms with Gasteiger partial charge >= 0.3 is 0 Å². The van der Waals surface area contributed by atoms with E-state index in [1.54, 1.807) is 11.3 Å². The molecule has 2 heterocycles. The fraction of sp³-hybridized carbons (Fsp3) is 0.615. The molecule has 1 fully saturated rings. The molecular formula is C13H20N2OS. The number of hydrogen-bond acceptors (Lipinski definition) is 3. The van der Waals surface area contributed by atoms with E-state index in [4.69, 9.17) is 0 Å². The normalized spacial score (nSPS) is 22.1. The quantitative estimate of drug-likeness (QED) is 0.874. The lowest BCUT2D eigenvalue weighted by atomic mass is 10.1. The lowest BCUT2D eigenvalue weighted by molar-refractivity contribution is -0.130. The molecule has 0 saturated carbocycles. The topological polar surface area (TPSA) is 32.3 Å². The van der Waals surface area contributed by atoms with Crippen molar-refractivity contribution in [3.8, 4) is 0 Å². The third-order valence-electron chi connectivity index (χ3n) is 3.36. The monoisotopic (exact) mass is 252 g/mol. The number of carbonyl (C=O) groups excluding carboxylic acids is 1. The van der Waals surface area contributed by atoms with Crippen LogP contribution in [0.4, 0.5) is 0 Å². The average molecular weight is 252 g/mol. The van der Waals surface area contributed by atoms with E-state index in [-0.39, 0.29) is 12.1 Å². The minimum absolute atomic E-state index is 0.0882. The molecule has 4 heteroatoms. The maximum absolute atomic E-state index is 12.0. The van der Waals surface area contributed by atoms with Crippen LogP contribution in [0.2, 0.25) is 0 Å². The Kier molecular flexibility index (Phi) is 4.18. The summed E-state index contributed by atoms with van der Waals surface area (Å²) in [6.07, 6.45) is 3.33. The van der Waals surface area contributed by atoms with Crippen LogP contribution >= 0.6 is 11.3 Å². The number of nitrogens with zero attached hydrogens (tertiary/aromatic N) is 1. The first kappa shape index (κ1) is 12.6. The highest BCUT2D eigenvalue weighted by Gasteiger charge is 2.35. The predicted octanol–water partition coefficient (Wildman–Crippen LogP) is 2.76. The van der Waals surface area contributed by atoms with E-state index in [0.717, 1.165) is 19.3 Å². The molecule has 1 N–H and O–H groups in total. The van der Waals surface area contributed by atoms with Crippen LogP contribution < -0.4 is 5.32 Å². The molecule has 0 bridgehead atoms. The Morgan fingerprint density at radius 1 is 1.59 bits per heavy atom. The van der Waals surface area contributed by atoms with Gasteiger partial charge in [-0.1, -0.05) is 20.3 Å². The van der Waals surface area contributed by atoms with Gasteiger partial charge in [0.2, 0.25) is 5.91 Å². The highest BCUT2D eigenvalue weighted by molar-refractivity contribution is 7.07. The van der Waals surface area contributed by atoms with E-state index >= 15 is 0 Å². The van der Waals surface area contributed by atoms with Crippen molar-refractivity contribution in [3.05, 3.63) is 22.4 Å². The Morgan fingerprint density at radius 3 is 3.00 bits per heavy atom. The molecule has 2 atom stereocenters. The van der Waals surface area contributed by atoms with Crippen LogP contribution in [-0.4, -0.2) is 23.4 Å². The first-order valence-corrected chi connectivity index (χ1v) is 7.28. The third-order valence-corrected chi connectivity index (χ3v) is 4.06. The second-order valence-electron chi connectivity index (χ2n) is 4.49. The Morgan fingerprint density at radius 2 is 2.41 bits per heavy atom. The molecule has 1 aromatic heterocycles. The molecule has 1 aliphatic heterocycles. The fourth-order valence-electron chi connectivity index (χ4n) is 2.51. The van der Waals surface area contributed by atoms with Gasteiger partial charge in [-0.2, -0.15) is 11.3 Å². The standard InChI is InChI=1S/C13H20N2OS/c1-3-5-11(4-2)15-12(16)8-14-13(15)10-6-7-17-9-10/h6-7,9,11,13-14H,3-5,8H2,1-2H3. The Labute approximate surface area is 107 Å². The van der Waals surface area contributed by atoms with Gasteiger partial charge < -0.3 is 4.90 Å². The van der Waals surface area contributed by atoms with Gasteiger partial charge in [0.25, 0.3) is 0 Å². The summed E-state index contributed by atoms with van der Waals surface area (Å²) in [5.74, 6) is 0.238. The van der Waals surface area contributed by atoms with Crippen molar-refractivity contribution < 1.29 is 4.79 Å². The lowest BCUT2D eigenvalue weighted by Gasteiger charge is -2.32. The maximum atomic E-state index is 12.0. The first-order chi connectivity index (χ1) is 8.27. The Hall–Kier alpha value is -0.870. The van der Waals surface area contributed by atoms with Crippen LogP contribution in [0.5, 0.6) is 0 Å². The Bertz CT molecular complexity index is 364. The number of thiophene rings is 1. The van der Waals surface area contributed by atoms with Crippen molar-refractivity contribution in [1.82, 2.24) is 10.2 Å². The van der Waals surface area contributed by atoms with Crippen molar-refractivity contribution in [3.63, 3.8) is 0 Å². The van der Waals surface area contributed by atoms with Gasteiger partial charge in [0.05, 0.1) is 6.54 Å². The van der Waals surface area contributed by atoms with E-state index in [2.05, 4.69) is 36.0 Å². The number of carbonyl (C=O) groups is 1. The number of rotatable bonds is 5. The fourth-order valence-corrected chi connectivity index (χ4v) is 3.19. The first-order valence-electron chi connectivity index (χ1n) is 6.34. The summed E-state index contributed by atoms with van der Waals surface area (Å²) in [5, 5.41) is 7.51. The lowest BCUT2D eigenvalue weighted by Crippen LogP contribution is -2.39. The summed E-state index contributed by atoms with van der Waals surface area (Å²) < 4.78 is 0. The summed E-state index contributed by atoms with van der Waals surface area (Å²) in [6, 6.07) is 2.47. The van der Waals surface area contributed by atoms with Gasteiger partial charge in [-0.15, -0.1) is 0 Å². The van der Waals surface area contributed by atoms with Crippen LogP contribution in [-0.2, 0) is 4.79 Å². The molecule has 94 valence electrons. The minimum Gasteiger partial charge on any atom is -0.319 e. The number of hydrogen-bond donors (Lipinski definition) is 1. The molecule has 1 amide bonds. The number of nitrogens with one attached hydrogen (secondary N) is 1. The summed E-state index contributed by atoms with van der Waals surface area (Å²) in [4.78, 5) is 14.1. The van der Waals surface area contributed by atoms with Gasteiger partial charge in [-0.05, 0) is 35.2 Å². The SMILES string of the molecule is CCCC(CC)N1C(=O)CNC1c1ccsc1. The largest absolute Gasteiger partial charge is 0.319 e. The summed E-state index contributed by atoms with van der Waals surface area (Å²) in [5.41, 5.74) is 1.22. The van der Waals surface area contributed by atoms with Gasteiger partial charge in [-0.25, -0.2) is 0 Å². The van der Waals surface area contributed by atoms with Crippen molar-refractivity contribution in [2.75, 3.05) is 6.54 Å². The van der Waals surface area contributed by atoms with Gasteiger partial charge in [0.1, 0.15) is 6.17 Å². The molecule has 2 rings (SSSR count). The predicted molar refractivity (Wildman–Crippen MR) is 70.9 cm³/mol. The third kappa shape index (κ3) is 2.53. The summed E-state index contributed by atoms with van der Waals surface area (Å²) in [6.45, 7) is 4.81. The zero-order valence-electron chi connectivity index (χ0n) is 10.5. The molecule has 0 radical (unpaired) electrons. The zero-order valence-corrected chi connectivity index (χ0v) is 11.3. The van der Waals surface area contributed by atoms with Gasteiger partial charge in [-0.3, -0.25) is 10.1 Å². The number of amides is 1. The molecule has 17 heavy (non-hydrogen) atoms. The smallest absolute Gasteiger partial charge is 0.238 e. The van der Waals surface area contributed by atoms with E-state index in [9.17, 15) is 4.79 Å².